The molecule has 0 bridgehead atoms. The molecule has 0 atom stereocenters. The average Bonchev–Trinajstić information content (AvgIpc) is 3.14. The van der Waals surface area contributed by atoms with E-state index in [1.807, 2.05) is 24.3 Å². The highest BCUT2D eigenvalue weighted by atomic mass is 35.5. The number of hydrogen-bond acceptors (Lipinski definition) is 5. The molecule has 0 fully saturated rings. The number of rotatable bonds is 9. The van der Waals surface area contributed by atoms with Crippen molar-refractivity contribution in [3.8, 4) is 5.75 Å². The summed E-state index contributed by atoms with van der Waals surface area (Å²) in [6, 6.07) is 14.9. The third-order valence-corrected chi connectivity index (χ3v) is 5.84. The van der Waals surface area contributed by atoms with Gasteiger partial charge in [-0.05, 0) is 49.5 Å². The number of amides is 1. The number of hydrogen-bond donors (Lipinski definition) is 0. The van der Waals surface area contributed by atoms with Gasteiger partial charge in [0.2, 0.25) is 0 Å². The van der Waals surface area contributed by atoms with Crippen molar-refractivity contribution < 1.29 is 9.53 Å². The van der Waals surface area contributed by atoms with Crippen LogP contribution in [0.2, 0.25) is 5.02 Å². The molecule has 29 heavy (non-hydrogen) atoms. The molecule has 2 aromatic carbocycles. The Kier molecular flexibility index (Phi) is 9.17. The second kappa shape index (κ2) is 11.4. The smallest absolute Gasteiger partial charge is 0.266 e. The number of benzene rings is 2. The molecular weight excluding hydrogens is 429 g/mol. The Balaban J connectivity index is 0.00000300. The van der Waals surface area contributed by atoms with Crippen molar-refractivity contribution in [2.45, 2.75) is 13.8 Å². The average molecular weight is 454 g/mol. The number of thiazole rings is 1. The van der Waals surface area contributed by atoms with Crippen LogP contribution in [0, 0.1) is 0 Å². The van der Waals surface area contributed by atoms with Gasteiger partial charge < -0.3 is 9.64 Å². The first-order valence-corrected chi connectivity index (χ1v) is 10.6. The number of carbonyl (C=O) groups excluding carboxylic acids is 1. The fourth-order valence-corrected chi connectivity index (χ4v) is 3.97. The number of nitrogens with zero attached hydrogens (tertiary/aromatic N) is 3. The summed E-state index contributed by atoms with van der Waals surface area (Å²) in [5.74, 6) is 0.506. The third kappa shape index (κ3) is 6.31. The third-order valence-electron chi connectivity index (χ3n) is 4.52. The molecule has 156 valence electrons. The predicted octanol–water partition coefficient (Wildman–Crippen LogP) is 5.13. The number of ether oxygens (including phenoxy) is 1. The fourth-order valence-electron chi connectivity index (χ4n) is 2.84. The molecule has 0 saturated heterocycles. The molecule has 8 heteroatoms. The van der Waals surface area contributed by atoms with Gasteiger partial charge in [-0.2, -0.15) is 0 Å². The van der Waals surface area contributed by atoms with E-state index >= 15 is 0 Å². The molecule has 0 spiro atoms. The van der Waals surface area contributed by atoms with Crippen LogP contribution in [0.1, 0.15) is 13.8 Å². The van der Waals surface area contributed by atoms with E-state index in [1.165, 1.54) is 11.3 Å². The summed E-state index contributed by atoms with van der Waals surface area (Å²) >= 11 is 7.43. The van der Waals surface area contributed by atoms with Gasteiger partial charge in [0, 0.05) is 18.1 Å². The molecule has 0 radical (unpaired) electrons. The molecular formula is C21H25Cl2N3O2S. The van der Waals surface area contributed by atoms with E-state index in [0.717, 1.165) is 29.9 Å². The summed E-state index contributed by atoms with van der Waals surface area (Å²) in [6.07, 6.45) is 0. The van der Waals surface area contributed by atoms with Crippen LogP contribution in [-0.4, -0.2) is 48.6 Å². The summed E-state index contributed by atoms with van der Waals surface area (Å²) in [7, 11) is 0. The molecule has 3 aromatic rings. The number of para-hydroxylation sites is 1. The molecule has 0 aliphatic heterocycles. The van der Waals surface area contributed by atoms with Gasteiger partial charge in [-0.1, -0.05) is 48.9 Å². The van der Waals surface area contributed by atoms with E-state index in [4.69, 9.17) is 16.3 Å². The SMILES string of the molecule is CCN(CC)CCN(C(=O)COc1ccc(Cl)cc1)c1nc2ccccc2s1.Cl. The maximum Gasteiger partial charge on any atom is 0.266 e. The summed E-state index contributed by atoms with van der Waals surface area (Å²) in [4.78, 5) is 21.7. The monoisotopic (exact) mass is 453 g/mol. The first-order valence-electron chi connectivity index (χ1n) is 9.37. The lowest BCUT2D eigenvalue weighted by molar-refractivity contribution is -0.120. The molecule has 3 rings (SSSR count). The van der Waals surface area contributed by atoms with E-state index in [2.05, 4.69) is 23.7 Å². The van der Waals surface area contributed by atoms with Crippen molar-refractivity contribution in [1.29, 1.82) is 0 Å². The van der Waals surface area contributed by atoms with Crippen LogP contribution in [0.5, 0.6) is 5.75 Å². The van der Waals surface area contributed by atoms with Crippen molar-refractivity contribution in [3.63, 3.8) is 0 Å². The topological polar surface area (TPSA) is 45.7 Å². The second-order valence-electron chi connectivity index (χ2n) is 6.28. The van der Waals surface area contributed by atoms with Gasteiger partial charge in [-0.15, -0.1) is 12.4 Å². The van der Waals surface area contributed by atoms with Crippen molar-refractivity contribution in [2.24, 2.45) is 0 Å². The molecule has 1 aromatic heterocycles. The van der Waals surface area contributed by atoms with E-state index < -0.39 is 0 Å². The molecule has 0 saturated carbocycles. The Labute approximate surface area is 186 Å². The summed E-state index contributed by atoms with van der Waals surface area (Å²) in [6.45, 7) is 7.45. The zero-order valence-electron chi connectivity index (χ0n) is 16.5. The number of carbonyl (C=O) groups is 1. The van der Waals surface area contributed by atoms with Gasteiger partial charge in [-0.25, -0.2) is 4.98 Å². The Bertz CT molecular complexity index is 881. The molecule has 1 amide bonds. The minimum Gasteiger partial charge on any atom is -0.484 e. The minimum absolute atomic E-state index is 0. The van der Waals surface area contributed by atoms with E-state index in [0.29, 0.717) is 22.4 Å². The van der Waals surface area contributed by atoms with Crippen molar-refractivity contribution in [2.75, 3.05) is 37.7 Å². The second-order valence-corrected chi connectivity index (χ2v) is 7.72. The van der Waals surface area contributed by atoms with Gasteiger partial charge in [0.25, 0.3) is 5.91 Å². The Morgan fingerprint density at radius 3 is 2.41 bits per heavy atom. The molecule has 0 unspecified atom stereocenters. The van der Waals surface area contributed by atoms with Crippen molar-refractivity contribution in [1.82, 2.24) is 9.88 Å². The number of anilines is 1. The lowest BCUT2D eigenvalue weighted by atomic mass is 10.3. The van der Waals surface area contributed by atoms with Crippen LogP contribution in [0.3, 0.4) is 0 Å². The highest BCUT2D eigenvalue weighted by Crippen LogP contribution is 2.28. The maximum atomic E-state index is 13.0. The minimum atomic E-state index is -0.110. The van der Waals surface area contributed by atoms with Crippen LogP contribution < -0.4 is 9.64 Å². The van der Waals surface area contributed by atoms with Crippen LogP contribution in [0.4, 0.5) is 5.13 Å². The van der Waals surface area contributed by atoms with E-state index in [-0.39, 0.29) is 24.9 Å². The van der Waals surface area contributed by atoms with Gasteiger partial charge in [0.15, 0.2) is 11.7 Å². The van der Waals surface area contributed by atoms with E-state index in [1.54, 1.807) is 29.2 Å². The molecule has 5 nitrogen and oxygen atoms in total. The quantitative estimate of drug-likeness (QED) is 0.450. The highest BCUT2D eigenvalue weighted by Gasteiger charge is 2.21. The number of likely N-dealkylation sites (N-methyl/N-ethyl adjacent to an activating group) is 1. The predicted molar refractivity (Wildman–Crippen MR) is 124 cm³/mol. The standard InChI is InChI=1S/C21H24ClN3O2S.ClH/c1-3-24(4-2)13-14-25(21-23-18-7-5-6-8-19(18)28-21)20(26)15-27-17-11-9-16(22)10-12-17;/h5-12H,3-4,13-15H2,1-2H3;1H. The summed E-state index contributed by atoms with van der Waals surface area (Å²) in [5.41, 5.74) is 0.904. The van der Waals surface area contributed by atoms with Gasteiger partial charge in [0.1, 0.15) is 5.75 Å². The maximum absolute atomic E-state index is 13.0. The van der Waals surface area contributed by atoms with Crippen LogP contribution in [0.15, 0.2) is 48.5 Å². The molecule has 0 aliphatic carbocycles. The number of aromatic nitrogens is 1. The first-order chi connectivity index (χ1) is 13.6. The highest BCUT2D eigenvalue weighted by molar-refractivity contribution is 7.22. The fraction of sp³-hybridized carbons (Fsp3) is 0.333. The van der Waals surface area contributed by atoms with E-state index in [9.17, 15) is 4.79 Å². The van der Waals surface area contributed by atoms with Crippen molar-refractivity contribution in [3.05, 3.63) is 53.6 Å². The lowest BCUT2D eigenvalue weighted by Gasteiger charge is -2.24. The van der Waals surface area contributed by atoms with Crippen LogP contribution >= 0.6 is 35.3 Å². The summed E-state index contributed by atoms with van der Waals surface area (Å²) < 4.78 is 6.74. The van der Waals surface area contributed by atoms with Crippen molar-refractivity contribution >= 4 is 56.6 Å². The Morgan fingerprint density at radius 1 is 1.07 bits per heavy atom. The Morgan fingerprint density at radius 2 is 1.76 bits per heavy atom. The molecule has 0 N–H and O–H groups in total. The van der Waals surface area contributed by atoms with Gasteiger partial charge >= 0.3 is 0 Å². The normalized spacial score (nSPS) is 10.8. The van der Waals surface area contributed by atoms with Crippen LogP contribution in [0.25, 0.3) is 10.2 Å². The number of halogens is 2. The number of fused-ring (bicyclic) bond motifs is 1. The first kappa shape index (κ1) is 23.4. The zero-order chi connectivity index (χ0) is 19.9. The zero-order valence-corrected chi connectivity index (χ0v) is 18.9. The van der Waals surface area contributed by atoms with Gasteiger partial charge in [0.05, 0.1) is 10.2 Å². The lowest BCUT2D eigenvalue weighted by Crippen LogP contribution is -2.41. The molecule has 1 heterocycles. The van der Waals surface area contributed by atoms with Gasteiger partial charge in [-0.3, -0.25) is 9.69 Å². The molecule has 0 aliphatic rings. The summed E-state index contributed by atoms with van der Waals surface area (Å²) in [5, 5.41) is 1.34. The largest absolute Gasteiger partial charge is 0.484 e. The Hall–Kier alpha value is -1.86. The van der Waals surface area contributed by atoms with Crippen LogP contribution in [-0.2, 0) is 4.79 Å².